The maximum Gasteiger partial charge on any atom is 0.285 e. The van der Waals surface area contributed by atoms with Crippen LogP contribution in [-0.4, -0.2) is 45.7 Å². The summed E-state index contributed by atoms with van der Waals surface area (Å²) in [5, 5.41) is 5.37. The van der Waals surface area contributed by atoms with Crippen LogP contribution in [0.25, 0.3) is 0 Å². The minimum atomic E-state index is -3.98. The second kappa shape index (κ2) is 10.5. The summed E-state index contributed by atoms with van der Waals surface area (Å²) in [7, 11) is -2.40. The summed E-state index contributed by atoms with van der Waals surface area (Å²) in [6, 6.07) is 12.0. The fourth-order valence-corrected chi connectivity index (χ4v) is 3.26. The van der Waals surface area contributed by atoms with E-state index in [9.17, 15) is 13.2 Å². The molecule has 0 aliphatic heterocycles. The zero-order valence-electron chi connectivity index (χ0n) is 16.0. The Morgan fingerprint density at radius 1 is 1.07 bits per heavy atom. The van der Waals surface area contributed by atoms with Gasteiger partial charge in [0, 0.05) is 18.4 Å². The lowest BCUT2D eigenvalue weighted by Gasteiger charge is -2.10. The Bertz CT molecular complexity index is 1020. The van der Waals surface area contributed by atoms with Crippen molar-refractivity contribution in [1.29, 1.82) is 0 Å². The van der Waals surface area contributed by atoms with Crippen molar-refractivity contribution in [2.24, 2.45) is 15.9 Å². The normalized spacial score (nSPS) is 10.7. The number of carbonyl (C=O) groups is 1. The van der Waals surface area contributed by atoms with Crippen molar-refractivity contribution in [3.8, 4) is 5.75 Å². The lowest BCUT2D eigenvalue weighted by atomic mass is 10.2. The van der Waals surface area contributed by atoms with Crippen molar-refractivity contribution < 1.29 is 22.7 Å². The highest BCUT2D eigenvalue weighted by Crippen LogP contribution is 2.16. The third-order valence-electron chi connectivity index (χ3n) is 3.54. The van der Waals surface area contributed by atoms with Crippen LogP contribution in [0, 0.1) is 0 Å². The highest BCUT2D eigenvalue weighted by Gasteiger charge is 2.13. The van der Waals surface area contributed by atoms with Gasteiger partial charge < -0.3 is 26.3 Å². The first kappa shape index (κ1) is 23.1. The van der Waals surface area contributed by atoms with Crippen LogP contribution in [0.3, 0.4) is 0 Å². The van der Waals surface area contributed by atoms with E-state index in [1.165, 1.54) is 24.3 Å². The third kappa shape index (κ3) is 6.99. The fraction of sp³-hybridized carbons (Fsp3) is 0.167. The number of benzene rings is 2. The van der Waals surface area contributed by atoms with Gasteiger partial charge in [0.25, 0.3) is 15.9 Å². The molecule has 0 bridgehead atoms. The van der Waals surface area contributed by atoms with E-state index in [2.05, 4.69) is 15.0 Å². The van der Waals surface area contributed by atoms with Crippen LogP contribution in [0.1, 0.15) is 10.4 Å². The molecule has 0 saturated carbocycles. The molecule has 0 heterocycles. The number of nitrogens with two attached hydrogens (primary N) is 2. The average Bonchev–Trinajstić information content (AvgIpc) is 2.68. The summed E-state index contributed by atoms with van der Waals surface area (Å²) in [5.41, 5.74) is 11.1. The number of methoxy groups -OCH3 is 1. The van der Waals surface area contributed by atoms with Gasteiger partial charge in [0.2, 0.25) is 5.96 Å². The van der Waals surface area contributed by atoms with E-state index >= 15 is 0 Å². The van der Waals surface area contributed by atoms with Gasteiger partial charge in [-0.1, -0.05) is 0 Å². The van der Waals surface area contributed by atoms with Gasteiger partial charge in [-0.2, -0.15) is 8.42 Å². The number of amides is 1. The number of rotatable bonds is 8. The molecule has 0 fully saturated rings. The Morgan fingerprint density at radius 2 is 1.70 bits per heavy atom. The fourth-order valence-electron chi connectivity index (χ4n) is 2.18. The van der Waals surface area contributed by atoms with Gasteiger partial charge in [-0.25, -0.2) is 0 Å². The molecule has 30 heavy (non-hydrogen) atoms. The van der Waals surface area contributed by atoms with E-state index in [-0.39, 0.29) is 10.0 Å². The van der Waals surface area contributed by atoms with Crippen molar-refractivity contribution in [1.82, 2.24) is 5.32 Å². The van der Waals surface area contributed by atoms with Crippen molar-refractivity contribution in [2.75, 3.05) is 25.6 Å². The standard InChI is InChI=1S/C18H21N5O5S2/c1-27-10-11-28-14-6-2-12(3-7-14)16(24)22-18(29)21-13-4-8-15(9-5-13)30(25,26)23-17(19)20/h2-9H,10-11H2,1H3,(H4,19,20,23)(H2,21,22,24,29). The van der Waals surface area contributed by atoms with Crippen LogP contribution >= 0.6 is 12.2 Å². The van der Waals surface area contributed by atoms with E-state index < -0.39 is 21.9 Å². The number of ether oxygens (including phenoxy) is 2. The predicted octanol–water partition coefficient (Wildman–Crippen LogP) is 0.801. The Balaban J connectivity index is 1.93. The SMILES string of the molecule is COCCOc1ccc(C(=O)NC(=S)Nc2ccc(S(=O)(=O)N=C(N)N)cc2)cc1. The number of sulfonamides is 1. The van der Waals surface area contributed by atoms with Crippen LogP contribution in [-0.2, 0) is 14.8 Å². The van der Waals surface area contributed by atoms with Gasteiger partial charge in [0.05, 0.1) is 11.5 Å². The van der Waals surface area contributed by atoms with Crippen molar-refractivity contribution in [3.63, 3.8) is 0 Å². The molecule has 0 aromatic heterocycles. The molecule has 0 aliphatic carbocycles. The summed E-state index contributed by atoms with van der Waals surface area (Å²) in [5.74, 6) is -0.362. The Kier molecular flexibility index (Phi) is 8.09. The number of nitrogens with zero attached hydrogens (tertiary/aromatic N) is 1. The van der Waals surface area contributed by atoms with Gasteiger partial charge in [-0.15, -0.1) is 4.40 Å². The van der Waals surface area contributed by atoms with Crippen molar-refractivity contribution in [3.05, 3.63) is 54.1 Å². The molecule has 6 N–H and O–H groups in total. The Hall–Kier alpha value is -3.22. The van der Waals surface area contributed by atoms with E-state index in [1.54, 1.807) is 31.4 Å². The smallest absolute Gasteiger partial charge is 0.285 e. The zero-order chi connectivity index (χ0) is 22.1. The molecule has 0 unspecified atom stereocenters. The number of hydrogen-bond donors (Lipinski definition) is 4. The van der Waals surface area contributed by atoms with Gasteiger partial charge in [-0.3, -0.25) is 10.1 Å². The molecule has 2 aromatic carbocycles. The zero-order valence-corrected chi connectivity index (χ0v) is 17.6. The largest absolute Gasteiger partial charge is 0.491 e. The Morgan fingerprint density at radius 3 is 2.27 bits per heavy atom. The minimum absolute atomic E-state index is 0.0419. The van der Waals surface area contributed by atoms with E-state index in [0.29, 0.717) is 30.2 Å². The van der Waals surface area contributed by atoms with Crippen molar-refractivity contribution >= 4 is 44.9 Å². The molecular weight excluding hydrogens is 430 g/mol. The number of nitrogens with one attached hydrogen (secondary N) is 2. The van der Waals surface area contributed by atoms with E-state index in [0.717, 1.165) is 0 Å². The van der Waals surface area contributed by atoms with Gasteiger partial charge in [-0.05, 0) is 60.7 Å². The average molecular weight is 452 g/mol. The summed E-state index contributed by atoms with van der Waals surface area (Å²) in [6.07, 6.45) is 0. The number of hydrogen-bond acceptors (Lipinski definition) is 6. The van der Waals surface area contributed by atoms with Crippen LogP contribution in [0.15, 0.2) is 57.8 Å². The summed E-state index contributed by atoms with van der Waals surface area (Å²) in [4.78, 5) is 12.2. The van der Waals surface area contributed by atoms with E-state index in [1.807, 2.05) is 0 Å². The highest BCUT2D eigenvalue weighted by molar-refractivity contribution is 7.90. The van der Waals surface area contributed by atoms with Gasteiger partial charge in [0.15, 0.2) is 5.11 Å². The molecule has 2 aromatic rings. The molecular formula is C18H21N5O5S2. The highest BCUT2D eigenvalue weighted by atomic mass is 32.2. The van der Waals surface area contributed by atoms with Gasteiger partial charge in [0.1, 0.15) is 12.4 Å². The van der Waals surface area contributed by atoms with Crippen molar-refractivity contribution in [2.45, 2.75) is 4.90 Å². The number of thiocarbonyl (C=S) groups is 1. The molecule has 0 radical (unpaired) electrons. The summed E-state index contributed by atoms with van der Waals surface area (Å²) >= 11 is 5.12. The second-order valence-electron chi connectivity index (χ2n) is 5.79. The lowest BCUT2D eigenvalue weighted by molar-refractivity contribution is 0.0977. The van der Waals surface area contributed by atoms with E-state index in [4.69, 9.17) is 33.2 Å². The molecule has 160 valence electrons. The van der Waals surface area contributed by atoms with Crippen LogP contribution in [0.4, 0.5) is 5.69 Å². The maximum atomic E-state index is 12.3. The lowest BCUT2D eigenvalue weighted by Crippen LogP contribution is -2.34. The first-order chi connectivity index (χ1) is 14.2. The van der Waals surface area contributed by atoms with Crippen LogP contribution in [0.5, 0.6) is 5.75 Å². The van der Waals surface area contributed by atoms with Crippen LogP contribution in [0.2, 0.25) is 0 Å². The second-order valence-corrected chi connectivity index (χ2v) is 7.80. The third-order valence-corrected chi connectivity index (χ3v) is 5.06. The maximum absolute atomic E-state index is 12.3. The quantitative estimate of drug-likeness (QED) is 0.197. The topological polar surface area (TPSA) is 158 Å². The molecule has 12 heteroatoms. The number of carbonyl (C=O) groups excluding carboxylic acids is 1. The molecule has 0 saturated heterocycles. The molecule has 1 amide bonds. The minimum Gasteiger partial charge on any atom is -0.491 e. The molecule has 0 spiro atoms. The number of guanidine groups is 1. The molecule has 0 aliphatic rings. The summed E-state index contributed by atoms with van der Waals surface area (Å²) < 4.78 is 37.4. The molecule has 10 nitrogen and oxygen atoms in total. The predicted molar refractivity (Wildman–Crippen MR) is 117 cm³/mol. The number of anilines is 1. The Labute approximate surface area is 179 Å². The molecule has 2 rings (SSSR count). The summed E-state index contributed by atoms with van der Waals surface area (Å²) in [6.45, 7) is 0.867. The first-order valence-corrected chi connectivity index (χ1v) is 10.4. The van der Waals surface area contributed by atoms with Crippen LogP contribution < -0.4 is 26.8 Å². The van der Waals surface area contributed by atoms with Gasteiger partial charge >= 0.3 is 0 Å². The first-order valence-electron chi connectivity index (χ1n) is 8.51. The monoisotopic (exact) mass is 451 g/mol. The molecule has 0 atom stereocenters.